The summed E-state index contributed by atoms with van der Waals surface area (Å²) >= 11 is 5.77. The summed E-state index contributed by atoms with van der Waals surface area (Å²) in [5.74, 6) is 0.0145. The molecule has 1 heterocycles. The Kier molecular flexibility index (Phi) is 9.29. The summed E-state index contributed by atoms with van der Waals surface area (Å²) in [5, 5.41) is 2.31. The number of halogens is 1. The molecule has 168 valence electrons. The van der Waals surface area contributed by atoms with E-state index in [1.54, 1.807) is 0 Å². The summed E-state index contributed by atoms with van der Waals surface area (Å²) in [6, 6.07) is 8.12. The van der Waals surface area contributed by atoms with Crippen LogP contribution in [0.1, 0.15) is 28.9 Å². The van der Waals surface area contributed by atoms with Crippen molar-refractivity contribution in [3.63, 3.8) is 0 Å². The lowest BCUT2D eigenvalue weighted by atomic mass is 10.1. The molecule has 0 radical (unpaired) electrons. The first kappa shape index (κ1) is 24.2. The number of aromatic nitrogens is 2. The van der Waals surface area contributed by atoms with Crippen molar-refractivity contribution in [3.05, 3.63) is 40.7 Å². The van der Waals surface area contributed by atoms with E-state index in [4.69, 9.17) is 33.5 Å². The molecule has 0 saturated heterocycles. The van der Waals surface area contributed by atoms with Gasteiger partial charge in [-0.1, -0.05) is 23.7 Å². The van der Waals surface area contributed by atoms with E-state index in [0.29, 0.717) is 13.2 Å². The number of likely N-dealkylation sites (N-methyl/N-ethyl adjacent to an activating group) is 1. The van der Waals surface area contributed by atoms with Crippen LogP contribution in [0.5, 0.6) is 5.75 Å². The van der Waals surface area contributed by atoms with Crippen molar-refractivity contribution in [1.29, 1.82) is 0 Å². The van der Waals surface area contributed by atoms with Gasteiger partial charge < -0.3 is 26.8 Å². The van der Waals surface area contributed by atoms with Crippen molar-refractivity contribution in [2.24, 2.45) is 10.7 Å². The van der Waals surface area contributed by atoms with Gasteiger partial charge in [-0.2, -0.15) is 0 Å². The van der Waals surface area contributed by atoms with Gasteiger partial charge in [-0.15, -0.1) is 0 Å². The van der Waals surface area contributed by atoms with Crippen LogP contribution in [0.25, 0.3) is 0 Å². The Morgan fingerprint density at radius 2 is 1.87 bits per heavy atom. The van der Waals surface area contributed by atoms with E-state index in [0.717, 1.165) is 31.6 Å². The van der Waals surface area contributed by atoms with Gasteiger partial charge >= 0.3 is 0 Å². The maximum Gasteiger partial charge on any atom is 0.280 e. The molecule has 0 aliphatic carbocycles. The molecule has 0 fully saturated rings. The van der Waals surface area contributed by atoms with E-state index < -0.39 is 5.91 Å². The van der Waals surface area contributed by atoms with Crippen LogP contribution in [-0.4, -0.2) is 55.6 Å². The molecule has 2 aromatic rings. The number of nitrogens with zero attached hydrogens (tertiary/aromatic N) is 3. The number of amides is 1. The molecule has 2 rings (SSSR count). The van der Waals surface area contributed by atoms with Crippen molar-refractivity contribution in [2.45, 2.75) is 19.3 Å². The largest absolute Gasteiger partial charge is 0.488 e. The molecule has 0 aliphatic rings. The lowest BCUT2D eigenvalue weighted by Gasteiger charge is -2.09. The third-order valence-electron chi connectivity index (χ3n) is 4.31. The number of aryl methyl sites for hydroxylation is 1. The monoisotopic (exact) mass is 449 g/mol. The summed E-state index contributed by atoms with van der Waals surface area (Å²) in [6.07, 6.45) is 2.66. The molecule has 10 nitrogen and oxygen atoms in total. The standard InChI is InChI=1S/C20H29ClN8O2/c1-29(2)11-12-31-14-8-6-13(7-9-14)5-3-4-10-25-20(24)28-19(30)15-17(22)27-18(23)16(21)26-15/h6-9H,3-5,10-12H2,1-2H3,(H4,22,23,27)(H3,24,25,28,30)/p+1. The molecule has 31 heavy (non-hydrogen) atoms. The summed E-state index contributed by atoms with van der Waals surface area (Å²) < 4.78 is 5.71. The third kappa shape index (κ3) is 8.27. The van der Waals surface area contributed by atoms with Crippen molar-refractivity contribution in [3.8, 4) is 5.75 Å². The molecule has 11 heteroatoms. The Morgan fingerprint density at radius 3 is 2.55 bits per heavy atom. The van der Waals surface area contributed by atoms with Crippen molar-refractivity contribution in [1.82, 2.24) is 15.3 Å². The maximum absolute atomic E-state index is 12.2. The van der Waals surface area contributed by atoms with Crippen molar-refractivity contribution in [2.75, 3.05) is 45.3 Å². The highest BCUT2D eigenvalue weighted by Gasteiger charge is 2.16. The number of anilines is 2. The van der Waals surface area contributed by atoms with Crippen LogP contribution in [0.2, 0.25) is 5.15 Å². The first-order valence-corrected chi connectivity index (χ1v) is 10.3. The predicted octanol–water partition coefficient (Wildman–Crippen LogP) is -0.115. The molecular weight excluding hydrogens is 420 g/mol. The predicted molar refractivity (Wildman–Crippen MR) is 122 cm³/mol. The molecule has 1 aromatic carbocycles. The van der Waals surface area contributed by atoms with Crippen molar-refractivity contribution < 1.29 is 14.4 Å². The second-order valence-corrected chi connectivity index (χ2v) is 7.62. The molecule has 8 N–H and O–H groups in total. The minimum absolute atomic E-state index is 0.0276. The van der Waals surface area contributed by atoms with E-state index in [1.165, 1.54) is 10.5 Å². The zero-order valence-electron chi connectivity index (χ0n) is 17.8. The van der Waals surface area contributed by atoms with Crippen LogP contribution in [-0.2, 0) is 6.42 Å². The number of hydrogen-bond donors (Lipinski definition) is 5. The first-order chi connectivity index (χ1) is 14.8. The average molecular weight is 450 g/mol. The van der Waals surface area contributed by atoms with Crippen LogP contribution in [0, 0.1) is 0 Å². The van der Waals surface area contributed by atoms with Gasteiger partial charge in [-0.25, -0.2) is 9.97 Å². The number of unbranched alkanes of at least 4 members (excludes halogenated alkanes) is 1. The normalized spacial score (nSPS) is 11.5. The quantitative estimate of drug-likeness (QED) is 0.192. The van der Waals surface area contributed by atoms with Crippen LogP contribution in [0.3, 0.4) is 0 Å². The number of benzene rings is 1. The summed E-state index contributed by atoms with van der Waals surface area (Å²) in [5.41, 5.74) is 18.0. The smallest absolute Gasteiger partial charge is 0.280 e. The number of carbonyl (C=O) groups excluding carboxylic acids is 1. The number of quaternary nitrogens is 1. The van der Waals surface area contributed by atoms with E-state index in [1.807, 2.05) is 12.1 Å². The number of rotatable bonds is 10. The fourth-order valence-corrected chi connectivity index (χ4v) is 2.72. The molecule has 0 atom stereocenters. The van der Waals surface area contributed by atoms with E-state index >= 15 is 0 Å². The third-order valence-corrected chi connectivity index (χ3v) is 4.59. The zero-order valence-corrected chi connectivity index (χ0v) is 18.6. The maximum atomic E-state index is 12.2. The average Bonchev–Trinajstić information content (AvgIpc) is 2.71. The van der Waals surface area contributed by atoms with Crippen LogP contribution < -0.4 is 32.2 Å². The van der Waals surface area contributed by atoms with Gasteiger partial charge in [0.05, 0.1) is 14.1 Å². The number of guanidine groups is 1. The fraction of sp³-hybridized carbons (Fsp3) is 0.400. The molecule has 0 saturated carbocycles. The number of ether oxygens (including phenoxy) is 1. The fourth-order valence-electron chi connectivity index (χ4n) is 2.59. The number of nitrogens with two attached hydrogens (primary N) is 3. The van der Waals surface area contributed by atoms with Gasteiger partial charge in [-0.3, -0.25) is 15.1 Å². The summed E-state index contributed by atoms with van der Waals surface area (Å²) in [7, 11) is 4.19. The molecule has 0 bridgehead atoms. The van der Waals surface area contributed by atoms with Crippen LogP contribution in [0.15, 0.2) is 29.3 Å². The number of aliphatic imine (C=N–C) groups is 1. The summed E-state index contributed by atoms with van der Waals surface area (Å²) in [4.78, 5) is 25.2. The second-order valence-electron chi connectivity index (χ2n) is 7.26. The highest BCUT2D eigenvalue weighted by atomic mass is 35.5. The van der Waals surface area contributed by atoms with Gasteiger partial charge in [0.15, 0.2) is 28.4 Å². The van der Waals surface area contributed by atoms with Crippen molar-refractivity contribution >= 4 is 35.1 Å². The van der Waals surface area contributed by atoms with Crippen LogP contribution >= 0.6 is 11.6 Å². The van der Waals surface area contributed by atoms with Gasteiger partial charge in [0.1, 0.15) is 18.9 Å². The van der Waals surface area contributed by atoms with E-state index in [-0.39, 0.29) is 28.4 Å². The number of hydrogen-bond acceptors (Lipinski definition) is 7. The minimum Gasteiger partial charge on any atom is -0.488 e. The molecule has 0 aliphatic heterocycles. The Balaban J connectivity index is 1.71. The Labute approximate surface area is 186 Å². The molecule has 1 aromatic heterocycles. The zero-order chi connectivity index (χ0) is 22.8. The Bertz CT molecular complexity index is 903. The van der Waals surface area contributed by atoms with Gasteiger partial charge in [0, 0.05) is 6.54 Å². The van der Waals surface area contributed by atoms with E-state index in [2.05, 4.69) is 46.5 Å². The first-order valence-electron chi connectivity index (χ1n) is 9.96. The van der Waals surface area contributed by atoms with Gasteiger partial charge in [0.25, 0.3) is 5.91 Å². The number of carbonyl (C=O) groups is 1. The number of nitrogens with one attached hydrogen (secondary N) is 2. The molecular formula is C20H30ClN8O2+. The molecule has 1 amide bonds. The highest BCUT2D eigenvalue weighted by molar-refractivity contribution is 6.31. The second kappa shape index (κ2) is 11.9. The highest BCUT2D eigenvalue weighted by Crippen LogP contribution is 2.17. The van der Waals surface area contributed by atoms with Gasteiger partial charge in [0.2, 0.25) is 0 Å². The summed E-state index contributed by atoms with van der Waals surface area (Å²) in [6.45, 7) is 2.13. The minimum atomic E-state index is -0.651. The molecule has 0 unspecified atom stereocenters. The SMILES string of the molecule is C[NH+](C)CCOc1ccc(CCCCN=C(N)NC(=O)c2nc(Cl)c(N)nc2N)cc1. The number of nitrogen functional groups attached to an aromatic ring is 2. The Hall–Kier alpha value is -3.11. The lowest BCUT2D eigenvalue weighted by Crippen LogP contribution is -3.06. The Morgan fingerprint density at radius 1 is 1.16 bits per heavy atom. The molecule has 0 spiro atoms. The lowest BCUT2D eigenvalue weighted by molar-refractivity contribution is -0.858. The van der Waals surface area contributed by atoms with E-state index in [9.17, 15) is 4.79 Å². The van der Waals surface area contributed by atoms with Crippen LogP contribution in [0.4, 0.5) is 11.6 Å². The topological polar surface area (TPSA) is 159 Å². The van der Waals surface area contributed by atoms with Gasteiger partial charge in [-0.05, 0) is 37.0 Å².